The summed E-state index contributed by atoms with van der Waals surface area (Å²) in [4.78, 5) is 0. The average molecular weight is 389 g/mol. The first-order valence-corrected chi connectivity index (χ1v) is 9.62. The zero-order chi connectivity index (χ0) is 20.9. The molecule has 0 amide bonds. The van der Waals surface area contributed by atoms with E-state index in [1.165, 1.54) is 0 Å². The summed E-state index contributed by atoms with van der Waals surface area (Å²) in [6.45, 7) is 4.15. The zero-order valence-corrected chi connectivity index (χ0v) is 17.0. The van der Waals surface area contributed by atoms with Crippen molar-refractivity contribution in [3.8, 4) is 0 Å². The van der Waals surface area contributed by atoms with Crippen molar-refractivity contribution in [3.05, 3.63) is 89.9 Å². The highest BCUT2D eigenvalue weighted by Crippen LogP contribution is 2.40. The topological polar surface area (TPSA) is 78.2 Å². The Kier molecular flexibility index (Phi) is 6.17. The van der Waals surface area contributed by atoms with Crippen molar-refractivity contribution in [3.63, 3.8) is 0 Å². The minimum Gasteiger partial charge on any atom is -0.302 e. The van der Waals surface area contributed by atoms with Crippen molar-refractivity contribution >= 4 is 11.7 Å². The average Bonchev–Trinajstić information content (AvgIpc) is 3.51. The van der Waals surface area contributed by atoms with Gasteiger partial charge in [0, 0.05) is 42.9 Å². The fourth-order valence-corrected chi connectivity index (χ4v) is 3.23. The minimum absolute atomic E-state index is 0.107. The number of likely N-dealkylation sites (N-methyl/N-ethyl adjacent to an activating group) is 1. The van der Waals surface area contributed by atoms with Crippen LogP contribution in [0.4, 0.5) is 0 Å². The highest BCUT2D eigenvalue weighted by Gasteiger charge is 2.44. The van der Waals surface area contributed by atoms with Crippen molar-refractivity contribution < 1.29 is 0 Å². The van der Waals surface area contributed by atoms with Crippen molar-refractivity contribution in [2.45, 2.75) is 24.8 Å². The molecule has 0 heterocycles. The largest absolute Gasteiger partial charge is 0.302 e. The van der Waals surface area contributed by atoms with E-state index in [4.69, 9.17) is 10.8 Å². The number of amidine groups is 2. The molecular weight excluding hydrogens is 360 g/mol. The molecule has 29 heavy (non-hydrogen) atoms. The molecule has 0 unspecified atom stereocenters. The molecule has 6 nitrogen and oxygen atoms in total. The lowest BCUT2D eigenvalue weighted by molar-refractivity contribution is 0.275. The molecule has 4 N–H and O–H groups in total. The minimum atomic E-state index is -0.107. The summed E-state index contributed by atoms with van der Waals surface area (Å²) in [7, 11) is 3.69. The Balaban J connectivity index is 1.53. The van der Waals surface area contributed by atoms with E-state index in [-0.39, 0.29) is 5.54 Å². The second-order valence-electron chi connectivity index (χ2n) is 7.45. The standard InChI is InChI=1S/C23H28N6/c1-18(26-28(2)21(24)19-13-9-6-10-14-19)17-23(15-16-23)27-29(3)22(25)20-11-7-4-5-8-12-20/h4,6-14,24-27H,1,15-17H2,2-3H3. The molecule has 1 saturated carbocycles. The molecule has 2 aliphatic rings. The number of nitrogens with zero attached hydrogens (tertiary/aromatic N) is 2. The third-order valence-corrected chi connectivity index (χ3v) is 4.95. The van der Waals surface area contributed by atoms with Crippen LogP contribution < -0.4 is 10.9 Å². The summed E-state index contributed by atoms with van der Waals surface area (Å²) in [6, 6.07) is 9.61. The quantitative estimate of drug-likeness (QED) is 0.238. The van der Waals surface area contributed by atoms with Crippen LogP contribution in [0.25, 0.3) is 0 Å². The normalized spacial score (nSPS) is 15.9. The van der Waals surface area contributed by atoms with Gasteiger partial charge in [0.25, 0.3) is 0 Å². The molecule has 6 heteroatoms. The Labute approximate surface area is 172 Å². The van der Waals surface area contributed by atoms with Gasteiger partial charge >= 0.3 is 0 Å². The van der Waals surface area contributed by atoms with Gasteiger partial charge in [-0.25, -0.2) is 5.43 Å². The number of benzene rings is 1. The summed E-state index contributed by atoms with van der Waals surface area (Å²) < 4.78 is 0. The Morgan fingerprint density at radius 2 is 1.83 bits per heavy atom. The number of hydrogen-bond acceptors (Lipinski definition) is 4. The number of nitrogens with one attached hydrogen (secondary N) is 4. The van der Waals surface area contributed by atoms with Crippen LogP contribution in [0, 0.1) is 10.8 Å². The van der Waals surface area contributed by atoms with E-state index in [9.17, 15) is 0 Å². The highest BCUT2D eigenvalue weighted by atomic mass is 15.5. The van der Waals surface area contributed by atoms with Crippen LogP contribution in [0.2, 0.25) is 0 Å². The maximum atomic E-state index is 8.45. The summed E-state index contributed by atoms with van der Waals surface area (Å²) in [6.07, 6.45) is 12.1. The molecule has 0 atom stereocenters. The molecule has 2 aliphatic carbocycles. The highest BCUT2D eigenvalue weighted by molar-refractivity contribution is 5.98. The van der Waals surface area contributed by atoms with Gasteiger partial charge in [0.2, 0.25) is 0 Å². The summed E-state index contributed by atoms with van der Waals surface area (Å²) in [5.74, 6) is 0.791. The van der Waals surface area contributed by atoms with Gasteiger partial charge in [0.1, 0.15) is 11.7 Å². The molecular formula is C23H28N6. The summed E-state index contributed by atoms with van der Waals surface area (Å²) >= 11 is 0. The predicted molar refractivity (Wildman–Crippen MR) is 118 cm³/mol. The smallest absolute Gasteiger partial charge is 0.146 e. The van der Waals surface area contributed by atoms with Crippen LogP contribution in [0.3, 0.4) is 0 Å². The van der Waals surface area contributed by atoms with Gasteiger partial charge in [-0.1, -0.05) is 49.1 Å². The van der Waals surface area contributed by atoms with Crippen LogP contribution in [-0.2, 0) is 0 Å². The van der Waals surface area contributed by atoms with Crippen molar-refractivity contribution in [2.75, 3.05) is 14.1 Å². The van der Waals surface area contributed by atoms with Crippen LogP contribution >= 0.6 is 0 Å². The lowest BCUT2D eigenvalue weighted by atomic mass is 10.1. The molecule has 0 spiro atoms. The number of hydrogen-bond donors (Lipinski definition) is 4. The molecule has 1 aromatic carbocycles. The monoisotopic (exact) mass is 388 g/mol. The van der Waals surface area contributed by atoms with E-state index in [0.717, 1.165) is 29.7 Å². The summed E-state index contributed by atoms with van der Waals surface area (Å²) in [5, 5.41) is 20.2. The SMILES string of the molecule is C=C(CC1(NN(C)C(=N)C2=CC=C=CC=C2)CC1)NN(C)C(=N)c1ccccc1. The maximum Gasteiger partial charge on any atom is 0.146 e. The van der Waals surface area contributed by atoms with E-state index in [1.54, 1.807) is 10.0 Å². The molecule has 1 aromatic rings. The Morgan fingerprint density at radius 3 is 2.52 bits per heavy atom. The fourth-order valence-electron chi connectivity index (χ4n) is 3.23. The van der Waals surface area contributed by atoms with Crippen molar-refractivity contribution in [1.82, 2.24) is 20.9 Å². The second kappa shape index (κ2) is 8.78. The van der Waals surface area contributed by atoms with E-state index in [0.29, 0.717) is 18.1 Å². The van der Waals surface area contributed by atoms with Gasteiger partial charge in [-0.2, -0.15) is 0 Å². The number of hydrazine groups is 2. The molecule has 0 saturated heterocycles. The van der Waals surface area contributed by atoms with Crippen LogP contribution in [0.15, 0.2) is 84.3 Å². The van der Waals surface area contributed by atoms with Crippen LogP contribution in [-0.4, -0.2) is 41.3 Å². The summed E-state index contributed by atoms with van der Waals surface area (Å²) in [5.41, 5.74) is 12.1. The third-order valence-electron chi connectivity index (χ3n) is 4.95. The van der Waals surface area contributed by atoms with E-state index in [1.807, 2.05) is 74.8 Å². The van der Waals surface area contributed by atoms with Gasteiger partial charge in [0.15, 0.2) is 0 Å². The van der Waals surface area contributed by atoms with E-state index in [2.05, 4.69) is 23.2 Å². The lowest BCUT2D eigenvalue weighted by Gasteiger charge is -2.30. The molecule has 0 aliphatic heterocycles. The molecule has 0 aromatic heterocycles. The Bertz CT molecular complexity index is 914. The van der Waals surface area contributed by atoms with Gasteiger partial charge in [-0.3, -0.25) is 20.8 Å². The zero-order valence-electron chi connectivity index (χ0n) is 17.0. The lowest BCUT2D eigenvalue weighted by Crippen LogP contribution is -2.48. The Morgan fingerprint density at radius 1 is 1.10 bits per heavy atom. The molecule has 3 rings (SSSR count). The van der Waals surface area contributed by atoms with Crippen molar-refractivity contribution in [2.24, 2.45) is 0 Å². The van der Waals surface area contributed by atoms with Crippen LogP contribution in [0.5, 0.6) is 0 Å². The first-order chi connectivity index (χ1) is 13.9. The van der Waals surface area contributed by atoms with Crippen LogP contribution in [0.1, 0.15) is 24.8 Å². The van der Waals surface area contributed by atoms with Gasteiger partial charge < -0.3 is 5.43 Å². The first kappa shape index (κ1) is 20.4. The predicted octanol–water partition coefficient (Wildman–Crippen LogP) is 3.51. The van der Waals surface area contributed by atoms with Crippen molar-refractivity contribution in [1.29, 1.82) is 10.8 Å². The van der Waals surface area contributed by atoms with Gasteiger partial charge in [-0.05, 0) is 31.1 Å². The molecule has 0 radical (unpaired) electrons. The second-order valence-corrected chi connectivity index (χ2v) is 7.45. The fraction of sp³-hybridized carbons (Fsp3) is 0.261. The van der Waals surface area contributed by atoms with Gasteiger partial charge in [-0.15, -0.1) is 5.73 Å². The van der Waals surface area contributed by atoms with E-state index >= 15 is 0 Å². The van der Waals surface area contributed by atoms with Gasteiger partial charge in [0.05, 0.1) is 0 Å². The first-order valence-electron chi connectivity index (χ1n) is 9.62. The number of rotatable bonds is 8. The Hall–Kier alpha value is -3.34. The molecule has 0 bridgehead atoms. The maximum absolute atomic E-state index is 8.45. The number of allylic oxidation sites excluding steroid dienone is 3. The third kappa shape index (κ3) is 5.35. The van der Waals surface area contributed by atoms with E-state index < -0.39 is 0 Å². The molecule has 150 valence electrons. The molecule has 1 fully saturated rings.